The van der Waals surface area contributed by atoms with Crippen molar-refractivity contribution in [2.24, 2.45) is 5.16 Å². The minimum atomic E-state index is -4.25. The van der Waals surface area contributed by atoms with Gasteiger partial charge in [0.15, 0.2) is 0 Å². The van der Waals surface area contributed by atoms with E-state index in [4.69, 9.17) is 13.7 Å². The Bertz CT molecular complexity index is 1590. The van der Waals surface area contributed by atoms with Gasteiger partial charge in [0.1, 0.15) is 23.3 Å². The number of rotatable bonds is 8. The summed E-state index contributed by atoms with van der Waals surface area (Å²) in [6.45, 7) is 0. The van der Waals surface area contributed by atoms with Crippen LogP contribution in [-0.4, -0.2) is 5.71 Å². The molecule has 0 aliphatic heterocycles. The van der Waals surface area contributed by atoms with Gasteiger partial charge in [0, 0.05) is 5.57 Å². The first-order valence-corrected chi connectivity index (χ1v) is 13.6. The first-order valence-electron chi connectivity index (χ1n) is 12.1. The van der Waals surface area contributed by atoms with Crippen LogP contribution in [0, 0.1) is 11.3 Å². The summed E-state index contributed by atoms with van der Waals surface area (Å²) in [4.78, 5) is 0. The smallest absolute Gasteiger partial charge is 0.385 e. The van der Waals surface area contributed by atoms with Gasteiger partial charge < -0.3 is 9.05 Å². The minimum absolute atomic E-state index is 0.307. The van der Waals surface area contributed by atoms with E-state index >= 15 is 0 Å². The fourth-order valence-electron chi connectivity index (χ4n) is 3.89. The zero-order valence-corrected chi connectivity index (χ0v) is 21.6. The van der Waals surface area contributed by atoms with Crippen molar-refractivity contribution in [2.75, 3.05) is 0 Å². The van der Waals surface area contributed by atoms with Gasteiger partial charge in [-0.25, -0.2) is 0 Å². The molecule has 0 saturated heterocycles. The Morgan fingerprint density at radius 2 is 1.21 bits per heavy atom. The molecule has 0 atom stereocenters. The summed E-state index contributed by atoms with van der Waals surface area (Å²) in [5.74, 6) is 0.614. The lowest BCUT2D eigenvalue weighted by molar-refractivity contribution is 0.218. The van der Waals surface area contributed by atoms with Crippen LogP contribution in [0.4, 0.5) is 0 Å². The van der Waals surface area contributed by atoms with Crippen molar-refractivity contribution in [2.45, 2.75) is 0 Å². The number of benzene rings is 4. The number of hydrogen-bond donors (Lipinski definition) is 0. The Balaban J connectivity index is 1.53. The fraction of sp³-hybridized carbons (Fsp3) is 0. The van der Waals surface area contributed by atoms with Crippen molar-refractivity contribution in [1.29, 1.82) is 5.26 Å². The molecular formula is C32H23N2O4P. The second-order valence-corrected chi connectivity index (χ2v) is 9.80. The molecule has 0 aromatic heterocycles. The molecule has 1 aliphatic carbocycles. The molecule has 0 fully saturated rings. The van der Waals surface area contributed by atoms with Crippen LogP contribution in [-0.2, 0) is 9.19 Å². The maximum absolute atomic E-state index is 13.8. The third kappa shape index (κ3) is 6.42. The summed E-state index contributed by atoms with van der Waals surface area (Å²) in [5.41, 5.74) is 3.95. The predicted octanol–water partition coefficient (Wildman–Crippen LogP) is 8.26. The maximum Gasteiger partial charge on any atom is 0.668 e. The Morgan fingerprint density at radius 3 is 1.74 bits per heavy atom. The standard InChI is InChI=1S/C32H23N2O4P/c33-24-31(26-15-7-2-8-16-26)27-21-22-32(30(23-27)25-13-5-1-6-14-25)34-38-39(35,36-28-17-9-3-10-18-28)37-29-19-11-4-12-20-29/h1-23H/b31-27-,34-32+. The second-order valence-electron chi connectivity index (χ2n) is 8.38. The summed E-state index contributed by atoms with van der Waals surface area (Å²) in [5, 5.41) is 14.2. The topological polar surface area (TPSA) is 80.9 Å². The van der Waals surface area contributed by atoms with Gasteiger partial charge in [-0.3, -0.25) is 4.62 Å². The highest BCUT2D eigenvalue weighted by Crippen LogP contribution is 2.50. The van der Waals surface area contributed by atoms with Crippen molar-refractivity contribution in [3.63, 3.8) is 0 Å². The average molecular weight is 531 g/mol. The number of phosphoric ester groups is 1. The third-order valence-electron chi connectivity index (χ3n) is 5.70. The molecule has 190 valence electrons. The normalized spacial score (nSPS) is 15.2. The maximum atomic E-state index is 13.8. The van der Waals surface area contributed by atoms with Gasteiger partial charge in [-0.1, -0.05) is 108 Å². The Hall–Kier alpha value is -5.11. The van der Waals surface area contributed by atoms with Crippen LogP contribution in [0.3, 0.4) is 0 Å². The van der Waals surface area contributed by atoms with E-state index in [9.17, 15) is 9.83 Å². The average Bonchev–Trinajstić information content (AvgIpc) is 2.99. The summed E-state index contributed by atoms with van der Waals surface area (Å²) in [6.07, 6.45) is 5.36. The zero-order valence-electron chi connectivity index (χ0n) is 20.8. The van der Waals surface area contributed by atoms with Crippen LogP contribution in [0.15, 0.2) is 150 Å². The van der Waals surface area contributed by atoms with E-state index in [1.807, 2.05) is 78.9 Å². The minimum Gasteiger partial charge on any atom is -0.385 e. The third-order valence-corrected chi connectivity index (χ3v) is 6.85. The number of oxime groups is 1. The van der Waals surface area contributed by atoms with E-state index < -0.39 is 7.82 Å². The first-order chi connectivity index (χ1) is 19.1. The molecule has 7 heteroatoms. The highest BCUT2D eigenvalue weighted by molar-refractivity contribution is 7.49. The van der Waals surface area contributed by atoms with E-state index in [1.165, 1.54) is 0 Å². The molecule has 5 rings (SSSR count). The zero-order chi connectivity index (χ0) is 26.9. The van der Waals surface area contributed by atoms with Gasteiger partial charge in [-0.05, 0) is 53.1 Å². The number of nitriles is 1. The lowest BCUT2D eigenvalue weighted by Gasteiger charge is -2.18. The number of hydrogen-bond acceptors (Lipinski definition) is 6. The molecule has 0 N–H and O–H groups in total. The van der Waals surface area contributed by atoms with Crippen molar-refractivity contribution in [1.82, 2.24) is 0 Å². The van der Waals surface area contributed by atoms with Gasteiger partial charge in [-0.15, -0.1) is 0 Å². The molecule has 4 aromatic carbocycles. The second kappa shape index (κ2) is 12.0. The van der Waals surface area contributed by atoms with E-state index in [1.54, 1.807) is 60.7 Å². The molecule has 1 aliphatic rings. The fourth-order valence-corrected chi connectivity index (χ4v) is 4.94. The summed E-state index contributed by atoms with van der Waals surface area (Å²) >= 11 is 0. The Morgan fingerprint density at radius 1 is 0.692 bits per heavy atom. The largest absolute Gasteiger partial charge is 0.668 e. The van der Waals surface area contributed by atoms with Crippen LogP contribution in [0.2, 0.25) is 0 Å². The monoisotopic (exact) mass is 530 g/mol. The van der Waals surface area contributed by atoms with Crippen LogP contribution in [0.5, 0.6) is 11.5 Å². The van der Waals surface area contributed by atoms with Gasteiger partial charge in [-0.2, -0.15) is 9.83 Å². The van der Waals surface area contributed by atoms with Gasteiger partial charge in [0.2, 0.25) is 0 Å². The van der Waals surface area contributed by atoms with Crippen LogP contribution >= 0.6 is 7.82 Å². The van der Waals surface area contributed by atoms with Crippen LogP contribution < -0.4 is 9.05 Å². The molecule has 4 aromatic rings. The van der Waals surface area contributed by atoms with E-state index in [0.29, 0.717) is 33.9 Å². The molecule has 0 amide bonds. The number of allylic oxidation sites excluding steroid dienone is 6. The number of para-hydroxylation sites is 2. The lowest BCUT2D eigenvalue weighted by Crippen LogP contribution is -2.08. The SMILES string of the molecule is N#C/C(=C1C=C/C(=N\OP(=O)(Oc2ccccc2)Oc2ccccc2)C(c2ccccc2)=C\1)c1ccccc1. The lowest BCUT2D eigenvalue weighted by atomic mass is 9.90. The van der Waals surface area contributed by atoms with Gasteiger partial charge >= 0.3 is 7.82 Å². The van der Waals surface area contributed by atoms with Crippen LogP contribution in [0.1, 0.15) is 11.1 Å². The van der Waals surface area contributed by atoms with Gasteiger partial charge in [0.05, 0.1) is 5.57 Å². The molecule has 0 radical (unpaired) electrons. The van der Waals surface area contributed by atoms with Crippen LogP contribution in [0.25, 0.3) is 11.1 Å². The molecular weight excluding hydrogens is 507 g/mol. The number of nitrogens with zero attached hydrogens (tertiary/aromatic N) is 2. The quantitative estimate of drug-likeness (QED) is 0.130. The molecule has 0 saturated carbocycles. The summed E-state index contributed by atoms with van der Waals surface area (Å²) in [7, 11) is -4.25. The molecule has 0 spiro atoms. The van der Waals surface area contributed by atoms with E-state index in [0.717, 1.165) is 11.1 Å². The van der Waals surface area contributed by atoms with Crippen molar-refractivity contribution < 1.29 is 18.2 Å². The molecule has 39 heavy (non-hydrogen) atoms. The Kier molecular flexibility index (Phi) is 7.83. The summed E-state index contributed by atoms with van der Waals surface area (Å²) < 4.78 is 30.7. The molecule has 6 nitrogen and oxygen atoms in total. The van der Waals surface area contributed by atoms with Crippen molar-refractivity contribution in [3.8, 4) is 17.6 Å². The molecule has 0 unspecified atom stereocenters. The van der Waals surface area contributed by atoms with Crippen molar-refractivity contribution in [3.05, 3.63) is 156 Å². The molecule has 0 heterocycles. The van der Waals surface area contributed by atoms with Crippen molar-refractivity contribution >= 4 is 24.7 Å². The number of phosphoric acid groups is 1. The Labute approximate surface area is 227 Å². The highest BCUT2D eigenvalue weighted by atomic mass is 31.2. The van der Waals surface area contributed by atoms with E-state index in [-0.39, 0.29) is 0 Å². The van der Waals surface area contributed by atoms with Gasteiger partial charge in [0.25, 0.3) is 0 Å². The highest BCUT2D eigenvalue weighted by Gasteiger charge is 2.34. The first kappa shape index (κ1) is 25.5. The summed E-state index contributed by atoms with van der Waals surface area (Å²) in [6, 6.07) is 38.6. The molecule has 0 bridgehead atoms. The predicted molar refractivity (Wildman–Crippen MR) is 153 cm³/mol. The van der Waals surface area contributed by atoms with E-state index in [2.05, 4.69) is 11.2 Å².